The number of nitrogens with one attached hydrogen (secondary N) is 3. The van der Waals surface area contributed by atoms with E-state index >= 15 is 0 Å². The van der Waals surface area contributed by atoms with Crippen molar-refractivity contribution in [1.29, 1.82) is 0 Å². The molecule has 2 amide bonds. The largest absolute Gasteiger partial charge is 0.497 e. The van der Waals surface area contributed by atoms with Crippen LogP contribution in [-0.4, -0.2) is 31.0 Å². The Balaban J connectivity index is 1.48. The Labute approximate surface area is 188 Å². The van der Waals surface area contributed by atoms with Gasteiger partial charge in [0.2, 0.25) is 11.8 Å². The van der Waals surface area contributed by atoms with Crippen molar-refractivity contribution in [2.24, 2.45) is 0 Å². The number of carbonyl (C=O) groups is 2. The van der Waals surface area contributed by atoms with Gasteiger partial charge >= 0.3 is 0 Å². The molecule has 0 aromatic heterocycles. The van der Waals surface area contributed by atoms with E-state index in [4.69, 9.17) is 4.74 Å². The summed E-state index contributed by atoms with van der Waals surface area (Å²) in [4.78, 5) is 26.2. The highest BCUT2D eigenvalue weighted by molar-refractivity contribution is 5.98. The van der Waals surface area contributed by atoms with E-state index in [1.54, 1.807) is 19.2 Å². The third-order valence-corrected chi connectivity index (χ3v) is 5.65. The van der Waals surface area contributed by atoms with Crippen LogP contribution in [0.5, 0.6) is 5.75 Å². The van der Waals surface area contributed by atoms with Gasteiger partial charge in [-0.05, 0) is 35.2 Å². The topological polar surface area (TPSA) is 79.5 Å². The van der Waals surface area contributed by atoms with Gasteiger partial charge in [0.15, 0.2) is 0 Å². The number of hydrogen-bond acceptors (Lipinski definition) is 4. The molecule has 0 radical (unpaired) electrons. The van der Waals surface area contributed by atoms with Crippen LogP contribution in [0.2, 0.25) is 0 Å². The van der Waals surface area contributed by atoms with Crippen molar-refractivity contribution in [2.45, 2.75) is 31.5 Å². The minimum absolute atomic E-state index is 0.179. The summed E-state index contributed by atoms with van der Waals surface area (Å²) in [6.07, 6.45) is 0.989. The van der Waals surface area contributed by atoms with E-state index in [9.17, 15) is 9.59 Å². The van der Waals surface area contributed by atoms with Crippen LogP contribution in [0, 0.1) is 0 Å². The summed E-state index contributed by atoms with van der Waals surface area (Å²) < 4.78 is 5.24. The molecule has 0 saturated carbocycles. The smallest absolute Gasteiger partial charge is 0.247 e. The van der Waals surface area contributed by atoms with E-state index < -0.39 is 6.04 Å². The number of rotatable bonds is 7. The fourth-order valence-electron chi connectivity index (χ4n) is 3.90. The van der Waals surface area contributed by atoms with E-state index in [0.717, 1.165) is 11.1 Å². The molecule has 3 aromatic rings. The average Bonchev–Trinajstić information content (AvgIpc) is 2.84. The molecule has 6 heteroatoms. The van der Waals surface area contributed by atoms with Crippen molar-refractivity contribution in [3.63, 3.8) is 0 Å². The lowest BCUT2D eigenvalue weighted by atomic mass is 9.95. The standard InChI is InChI=1S/C26H27N3O3/c1-32-22-13-7-12-21(16-22)28-26(31)24(14-18-8-3-2-4-9-18)29-25(30)23-15-19-10-5-6-11-20(19)17-27-23/h2-13,16,23-24,27H,14-15,17H2,1H3,(H,28,31)(H,29,30)/t23-,24+/m0/s1. The summed E-state index contributed by atoms with van der Waals surface area (Å²) in [6.45, 7) is 0.633. The van der Waals surface area contributed by atoms with Gasteiger partial charge in [-0.3, -0.25) is 9.59 Å². The zero-order chi connectivity index (χ0) is 22.3. The first-order valence-electron chi connectivity index (χ1n) is 10.7. The van der Waals surface area contributed by atoms with Crippen LogP contribution in [0.3, 0.4) is 0 Å². The van der Waals surface area contributed by atoms with Crippen LogP contribution in [-0.2, 0) is 29.0 Å². The molecule has 0 unspecified atom stereocenters. The summed E-state index contributed by atoms with van der Waals surface area (Å²) >= 11 is 0. The van der Waals surface area contributed by atoms with Gasteiger partial charge in [0.25, 0.3) is 0 Å². The minimum Gasteiger partial charge on any atom is -0.497 e. The van der Waals surface area contributed by atoms with Gasteiger partial charge in [-0.2, -0.15) is 0 Å². The lowest BCUT2D eigenvalue weighted by Gasteiger charge is -2.27. The van der Waals surface area contributed by atoms with E-state index in [-0.39, 0.29) is 17.9 Å². The van der Waals surface area contributed by atoms with Crippen LogP contribution in [0.1, 0.15) is 16.7 Å². The van der Waals surface area contributed by atoms with E-state index in [2.05, 4.69) is 22.0 Å². The third kappa shape index (κ3) is 5.34. The second-order valence-electron chi connectivity index (χ2n) is 7.88. The first-order valence-corrected chi connectivity index (χ1v) is 10.7. The second-order valence-corrected chi connectivity index (χ2v) is 7.88. The lowest BCUT2D eigenvalue weighted by molar-refractivity contribution is -0.128. The molecule has 0 bridgehead atoms. The number of anilines is 1. The van der Waals surface area contributed by atoms with Crippen LogP contribution in [0.15, 0.2) is 78.9 Å². The van der Waals surface area contributed by atoms with Gasteiger partial charge in [0, 0.05) is 24.7 Å². The molecule has 0 saturated heterocycles. The Morgan fingerprint density at radius 1 is 1.00 bits per heavy atom. The van der Waals surface area contributed by atoms with Gasteiger partial charge in [0.05, 0.1) is 13.2 Å². The third-order valence-electron chi connectivity index (χ3n) is 5.65. The summed E-state index contributed by atoms with van der Waals surface area (Å²) in [7, 11) is 1.58. The van der Waals surface area contributed by atoms with Crippen LogP contribution < -0.4 is 20.7 Å². The van der Waals surface area contributed by atoms with Gasteiger partial charge in [-0.15, -0.1) is 0 Å². The number of hydrogen-bond donors (Lipinski definition) is 3. The molecule has 0 spiro atoms. The van der Waals surface area contributed by atoms with Crippen molar-refractivity contribution >= 4 is 17.5 Å². The van der Waals surface area contributed by atoms with Crippen molar-refractivity contribution < 1.29 is 14.3 Å². The molecule has 164 valence electrons. The summed E-state index contributed by atoms with van der Waals surface area (Å²) in [6, 6.07) is 23.8. The number of benzene rings is 3. The molecule has 4 rings (SSSR count). The Morgan fingerprint density at radius 3 is 2.53 bits per heavy atom. The molecule has 0 aliphatic carbocycles. The van der Waals surface area contributed by atoms with Crippen molar-refractivity contribution in [3.8, 4) is 5.75 Å². The molecular formula is C26H27N3O3. The van der Waals surface area contributed by atoms with E-state index in [0.29, 0.717) is 30.8 Å². The molecule has 3 N–H and O–H groups in total. The fraction of sp³-hybridized carbons (Fsp3) is 0.231. The Morgan fingerprint density at radius 2 is 1.75 bits per heavy atom. The van der Waals surface area contributed by atoms with Gasteiger partial charge in [-0.25, -0.2) is 0 Å². The summed E-state index contributed by atoms with van der Waals surface area (Å²) in [5.74, 6) is 0.199. The number of amides is 2. The highest BCUT2D eigenvalue weighted by atomic mass is 16.5. The summed E-state index contributed by atoms with van der Waals surface area (Å²) in [5.41, 5.74) is 3.95. The SMILES string of the molecule is COc1cccc(NC(=O)[C@@H](Cc2ccccc2)NC(=O)[C@@H]2Cc3ccccc3CN2)c1. The van der Waals surface area contributed by atoms with E-state index in [1.807, 2.05) is 60.7 Å². The molecule has 0 fully saturated rings. The molecule has 6 nitrogen and oxygen atoms in total. The zero-order valence-electron chi connectivity index (χ0n) is 18.0. The minimum atomic E-state index is -0.713. The maximum atomic E-state index is 13.1. The molecule has 3 aromatic carbocycles. The lowest BCUT2D eigenvalue weighted by Crippen LogP contribution is -2.53. The number of ether oxygens (including phenoxy) is 1. The molecule has 1 heterocycles. The number of carbonyl (C=O) groups excluding carboxylic acids is 2. The number of methoxy groups -OCH3 is 1. The Bertz CT molecular complexity index is 1080. The normalized spacial score (nSPS) is 15.8. The van der Waals surface area contributed by atoms with Gasteiger partial charge < -0.3 is 20.7 Å². The predicted molar refractivity (Wildman–Crippen MR) is 124 cm³/mol. The fourth-order valence-corrected chi connectivity index (χ4v) is 3.90. The van der Waals surface area contributed by atoms with Crippen molar-refractivity contribution in [3.05, 3.63) is 95.6 Å². The average molecular weight is 430 g/mol. The molecule has 1 aliphatic rings. The number of fused-ring (bicyclic) bond motifs is 1. The predicted octanol–water partition coefficient (Wildman–Crippen LogP) is 3.08. The Hall–Kier alpha value is -3.64. The first kappa shape index (κ1) is 21.6. The van der Waals surface area contributed by atoms with Gasteiger partial charge in [-0.1, -0.05) is 60.7 Å². The molecular weight excluding hydrogens is 402 g/mol. The molecule has 2 atom stereocenters. The molecule has 32 heavy (non-hydrogen) atoms. The highest BCUT2D eigenvalue weighted by Crippen LogP contribution is 2.18. The monoisotopic (exact) mass is 429 g/mol. The van der Waals surface area contributed by atoms with Gasteiger partial charge in [0.1, 0.15) is 11.8 Å². The van der Waals surface area contributed by atoms with Crippen molar-refractivity contribution in [2.75, 3.05) is 12.4 Å². The van der Waals surface area contributed by atoms with Crippen LogP contribution >= 0.6 is 0 Å². The highest BCUT2D eigenvalue weighted by Gasteiger charge is 2.28. The van der Waals surface area contributed by atoms with E-state index in [1.165, 1.54) is 5.56 Å². The summed E-state index contributed by atoms with van der Waals surface area (Å²) in [5, 5.41) is 9.16. The van der Waals surface area contributed by atoms with Crippen LogP contribution in [0.4, 0.5) is 5.69 Å². The van der Waals surface area contributed by atoms with Crippen LogP contribution in [0.25, 0.3) is 0 Å². The second kappa shape index (κ2) is 10.1. The molecule has 1 aliphatic heterocycles. The zero-order valence-corrected chi connectivity index (χ0v) is 18.0. The Kier molecular flexibility index (Phi) is 6.82. The first-order chi connectivity index (χ1) is 15.6. The van der Waals surface area contributed by atoms with Crippen molar-refractivity contribution in [1.82, 2.24) is 10.6 Å². The maximum absolute atomic E-state index is 13.1. The quantitative estimate of drug-likeness (QED) is 0.539. The maximum Gasteiger partial charge on any atom is 0.247 e.